The summed E-state index contributed by atoms with van der Waals surface area (Å²) in [4.78, 5) is 11.7. The Morgan fingerprint density at radius 1 is 1.36 bits per heavy atom. The van der Waals surface area contributed by atoms with Crippen molar-refractivity contribution in [3.8, 4) is 0 Å². The van der Waals surface area contributed by atoms with Gasteiger partial charge in [0, 0.05) is 50.2 Å². The Morgan fingerprint density at radius 3 is 2.75 bits per heavy atom. The van der Waals surface area contributed by atoms with Gasteiger partial charge in [-0.05, 0) is 25.0 Å². The fraction of sp³-hybridized carbons (Fsp3) is 0.474. The molecule has 2 heterocycles. The van der Waals surface area contributed by atoms with E-state index in [1.54, 1.807) is 23.3 Å². The van der Waals surface area contributed by atoms with Gasteiger partial charge >= 0.3 is 0 Å². The first-order valence-corrected chi connectivity index (χ1v) is 10.0. The van der Waals surface area contributed by atoms with Crippen LogP contribution in [-0.2, 0) is 12.8 Å². The predicted octanol–water partition coefficient (Wildman–Crippen LogP) is 3.59. The van der Waals surface area contributed by atoms with Gasteiger partial charge in [-0.1, -0.05) is 13.0 Å². The third kappa shape index (κ3) is 5.76. The predicted molar refractivity (Wildman–Crippen MR) is 122 cm³/mol. The van der Waals surface area contributed by atoms with Crippen LogP contribution in [0.25, 0.3) is 0 Å². The van der Waals surface area contributed by atoms with Gasteiger partial charge in [0.05, 0.1) is 5.01 Å². The molecule has 1 saturated heterocycles. The first kappa shape index (κ1) is 22.8. The Kier molecular flexibility index (Phi) is 8.87. The van der Waals surface area contributed by atoms with Gasteiger partial charge in [-0.3, -0.25) is 4.99 Å². The van der Waals surface area contributed by atoms with Crippen LogP contribution < -0.4 is 15.5 Å². The summed E-state index contributed by atoms with van der Waals surface area (Å²) in [6, 6.07) is 4.06. The smallest absolute Gasteiger partial charge is 0.191 e. The van der Waals surface area contributed by atoms with Crippen molar-refractivity contribution in [2.45, 2.75) is 32.2 Å². The van der Waals surface area contributed by atoms with Crippen molar-refractivity contribution >= 4 is 47.0 Å². The molecule has 1 unspecified atom stereocenters. The SMILES string of the molecule is CCc1cnc(CCNC(=NC)NC2CCN(c3c(F)cccc3F)C2)s1.I. The monoisotopic (exact) mass is 521 g/mol. The van der Waals surface area contributed by atoms with E-state index in [4.69, 9.17) is 0 Å². The van der Waals surface area contributed by atoms with Crippen LogP contribution >= 0.6 is 35.3 Å². The summed E-state index contributed by atoms with van der Waals surface area (Å²) < 4.78 is 27.9. The maximum atomic E-state index is 14.0. The number of nitrogens with one attached hydrogen (secondary N) is 2. The molecule has 1 aromatic carbocycles. The molecule has 154 valence electrons. The lowest BCUT2D eigenvalue weighted by Gasteiger charge is -2.21. The number of halogens is 3. The Labute approximate surface area is 185 Å². The van der Waals surface area contributed by atoms with Crippen molar-refractivity contribution in [3.05, 3.63) is 45.9 Å². The summed E-state index contributed by atoms with van der Waals surface area (Å²) in [6.07, 6.45) is 4.57. The molecule has 0 spiro atoms. The molecule has 0 saturated carbocycles. The number of aromatic nitrogens is 1. The highest BCUT2D eigenvalue weighted by Crippen LogP contribution is 2.26. The molecule has 2 N–H and O–H groups in total. The molecular formula is C19H26F2IN5S. The second-order valence-corrected chi connectivity index (χ2v) is 7.67. The van der Waals surface area contributed by atoms with Gasteiger partial charge in [-0.25, -0.2) is 13.8 Å². The lowest BCUT2D eigenvalue weighted by atomic mass is 10.2. The summed E-state index contributed by atoms with van der Waals surface area (Å²) in [7, 11) is 1.72. The normalized spacial score (nSPS) is 16.8. The highest BCUT2D eigenvalue weighted by atomic mass is 127. The molecule has 1 aromatic heterocycles. The van der Waals surface area contributed by atoms with Crippen molar-refractivity contribution in [3.63, 3.8) is 0 Å². The van der Waals surface area contributed by atoms with Gasteiger partial charge in [0.2, 0.25) is 0 Å². The molecule has 0 radical (unpaired) electrons. The number of para-hydroxylation sites is 1. The van der Waals surface area contributed by atoms with Crippen LogP contribution in [0.2, 0.25) is 0 Å². The second-order valence-electron chi connectivity index (χ2n) is 6.47. The Hall–Kier alpha value is -1.49. The first-order chi connectivity index (χ1) is 13.1. The van der Waals surface area contributed by atoms with Crippen molar-refractivity contribution in [1.29, 1.82) is 0 Å². The number of aliphatic imine (C=N–C) groups is 1. The number of rotatable bonds is 6. The summed E-state index contributed by atoms with van der Waals surface area (Å²) in [5, 5.41) is 7.74. The molecule has 0 aliphatic carbocycles. The van der Waals surface area contributed by atoms with Crippen molar-refractivity contribution in [1.82, 2.24) is 15.6 Å². The van der Waals surface area contributed by atoms with E-state index in [1.807, 2.05) is 6.20 Å². The van der Waals surface area contributed by atoms with Gasteiger partial charge in [-0.15, -0.1) is 35.3 Å². The number of benzene rings is 1. The Morgan fingerprint density at radius 2 is 2.11 bits per heavy atom. The number of hydrogen-bond donors (Lipinski definition) is 2. The molecule has 1 fully saturated rings. The van der Waals surface area contributed by atoms with Crippen LogP contribution in [0.1, 0.15) is 23.2 Å². The minimum atomic E-state index is -0.520. The van der Waals surface area contributed by atoms with Crippen LogP contribution in [0.15, 0.2) is 29.4 Å². The number of aryl methyl sites for hydroxylation is 1. The number of thiazole rings is 1. The first-order valence-electron chi connectivity index (χ1n) is 9.20. The quantitative estimate of drug-likeness (QED) is 0.347. The van der Waals surface area contributed by atoms with E-state index in [0.717, 1.165) is 30.8 Å². The fourth-order valence-corrected chi connectivity index (χ4v) is 4.04. The molecule has 1 aliphatic rings. The topological polar surface area (TPSA) is 52.6 Å². The van der Waals surface area contributed by atoms with Crippen molar-refractivity contribution in [2.75, 3.05) is 31.6 Å². The van der Waals surface area contributed by atoms with Crippen molar-refractivity contribution in [2.24, 2.45) is 4.99 Å². The largest absolute Gasteiger partial charge is 0.365 e. The molecule has 1 aliphatic heterocycles. The average Bonchev–Trinajstić information content (AvgIpc) is 3.30. The minimum Gasteiger partial charge on any atom is -0.365 e. The molecule has 0 bridgehead atoms. The summed E-state index contributed by atoms with van der Waals surface area (Å²) in [5.41, 5.74) is 0.0558. The molecule has 0 amide bonds. The van der Waals surface area contributed by atoms with Crippen LogP contribution in [0, 0.1) is 11.6 Å². The number of hydrogen-bond acceptors (Lipinski definition) is 4. The average molecular weight is 521 g/mol. The molecule has 28 heavy (non-hydrogen) atoms. The lowest BCUT2D eigenvalue weighted by molar-refractivity contribution is 0.576. The molecule has 5 nitrogen and oxygen atoms in total. The van der Waals surface area contributed by atoms with Crippen LogP contribution in [-0.4, -0.2) is 43.7 Å². The van der Waals surface area contributed by atoms with Gasteiger partial charge in [-0.2, -0.15) is 0 Å². The highest BCUT2D eigenvalue weighted by molar-refractivity contribution is 14.0. The third-order valence-electron chi connectivity index (χ3n) is 4.59. The maximum absolute atomic E-state index is 14.0. The van der Waals surface area contributed by atoms with Crippen molar-refractivity contribution < 1.29 is 8.78 Å². The van der Waals surface area contributed by atoms with E-state index in [1.165, 1.54) is 23.1 Å². The van der Waals surface area contributed by atoms with Crippen LogP contribution in [0.4, 0.5) is 14.5 Å². The molecule has 9 heteroatoms. The molecular weight excluding hydrogens is 495 g/mol. The van der Waals surface area contributed by atoms with E-state index >= 15 is 0 Å². The van der Waals surface area contributed by atoms with Gasteiger partial charge < -0.3 is 15.5 Å². The zero-order valence-electron chi connectivity index (χ0n) is 16.0. The van der Waals surface area contributed by atoms with Gasteiger partial charge in [0.15, 0.2) is 5.96 Å². The van der Waals surface area contributed by atoms with E-state index in [0.29, 0.717) is 19.0 Å². The van der Waals surface area contributed by atoms with Gasteiger partial charge in [0.1, 0.15) is 17.3 Å². The lowest BCUT2D eigenvalue weighted by Crippen LogP contribution is -2.45. The van der Waals surface area contributed by atoms with E-state index in [2.05, 4.69) is 27.5 Å². The summed E-state index contributed by atoms with van der Waals surface area (Å²) >= 11 is 1.74. The van der Waals surface area contributed by atoms with E-state index in [9.17, 15) is 8.78 Å². The minimum absolute atomic E-state index is 0. The maximum Gasteiger partial charge on any atom is 0.191 e. The zero-order valence-corrected chi connectivity index (χ0v) is 19.2. The highest BCUT2D eigenvalue weighted by Gasteiger charge is 2.27. The fourth-order valence-electron chi connectivity index (χ4n) is 3.18. The Balaban J connectivity index is 0.00000280. The molecule has 3 rings (SSSR count). The summed E-state index contributed by atoms with van der Waals surface area (Å²) in [5.74, 6) is -0.343. The number of anilines is 1. The molecule has 1 atom stereocenters. The Bertz CT molecular complexity index is 778. The zero-order chi connectivity index (χ0) is 19.2. The van der Waals surface area contributed by atoms with E-state index < -0.39 is 11.6 Å². The molecule has 2 aromatic rings. The second kappa shape index (κ2) is 10.9. The van der Waals surface area contributed by atoms with Crippen LogP contribution in [0.5, 0.6) is 0 Å². The number of nitrogens with zero attached hydrogens (tertiary/aromatic N) is 3. The summed E-state index contributed by atoms with van der Waals surface area (Å²) in [6.45, 7) is 3.99. The third-order valence-corrected chi connectivity index (χ3v) is 5.79. The van der Waals surface area contributed by atoms with Gasteiger partial charge in [0.25, 0.3) is 0 Å². The van der Waals surface area contributed by atoms with Crippen LogP contribution in [0.3, 0.4) is 0 Å². The number of guanidine groups is 1. The van der Waals surface area contributed by atoms with E-state index in [-0.39, 0.29) is 35.7 Å². The standard InChI is InChI=1S/C19H25F2N5S.HI/c1-3-14-11-24-17(27-14)7-9-23-19(22-2)25-13-8-10-26(12-13)18-15(20)5-4-6-16(18)21;/h4-6,11,13H,3,7-10,12H2,1-2H3,(H2,22,23,25);1H.